The number of anilines is 1. The topological polar surface area (TPSA) is 54.9 Å². The van der Waals surface area contributed by atoms with Gasteiger partial charge in [0.2, 0.25) is 0 Å². The smallest absolute Gasteiger partial charge is 0.186 e. The van der Waals surface area contributed by atoms with E-state index in [0.717, 1.165) is 0 Å². The highest BCUT2D eigenvalue weighted by Crippen LogP contribution is 2.10. The van der Waals surface area contributed by atoms with Crippen molar-refractivity contribution in [1.29, 1.82) is 0 Å². The molecule has 0 aliphatic rings. The Morgan fingerprint density at radius 3 is 2.93 bits per heavy atom. The van der Waals surface area contributed by atoms with Gasteiger partial charge in [0, 0.05) is 29.4 Å². The van der Waals surface area contributed by atoms with Crippen molar-refractivity contribution in [3.63, 3.8) is 0 Å². The number of nitrogens with one attached hydrogen (secondary N) is 1. The summed E-state index contributed by atoms with van der Waals surface area (Å²) < 4.78 is 24.0. The molecular weight excluding hydrogens is 205 g/mol. The lowest BCUT2D eigenvalue weighted by atomic mass is 10.4. The van der Waals surface area contributed by atoms with Crippen molar-refractivity contribution >= 4 is 16.6 Å². The van der Waals surface area contributed by atoms with Crippen molar-refractivity contribution < 1.29 is 8.60 Å². The highest BCUT2D eigenvalue weighted by Gasteiger charge is 2.06. The second kappa shape index (κ2) is 4.99. The Hall–Kier alpha value is -1.04. The van der Waals surface area contributed by atoms with Crippen molar-refractivity contribution in [2.45, 2.75) is 6.92 Å². The number of halogens is 1. The fraction of sp³-hybridized carbons (Fsp3) is 0.500. The fourth-order valence-corrected chi connectivity index (χ4v) is 1.28. The Morgan fingerprint density at radius 2 is 2.29 bits per heavy atom. The molecule has 78 valence electrons. The van der Waals surface area contributed by atoms with E-state index in [9.17, 15) is 8.60 Å². The van der Waals surface area contributed by atoms with Crippen LogP contribution in [0, 0.1) is 12.7 Å². The average molecular weight is 217 g/mol. The van der Waals surface area contributed by atoms with E-state index in [-0.39, 0.29) is 5.82 Å². The first-order valence-electron chi connectivity index (χ1n) is 4.12. The van der Waals surface area contributed by atoms with Crippen molar-refractivity contribution in [3.05, 3.63) is 17.8 Å². The van der Waals surface area contributed by atoms with E-state index in [4.69, 9.17) is 0 Å². The van der Waals surface area contributed by atoms with Crippen LogP contribution in [-0.4, -0.2) is 32.7 Å². The van der Waals surface area contributed by atoms with Crippen LogP contribution in [0.5, 0.6) is 0 Å². The summed E-state index contributed by atoms with van der Waals surface area (Å²) in [6.07, 6.45) is 2.90. The highest BCUT2D eigenvalue weighted by atomic mass is 32.2. The van der Waals surface area contributed by atoms with Gasteiger partial charge in [-0.3, -0.25) is 4.21 Å². The molecule has 0 amide bonds. The van der Waals surface area contributed by atoms with Crippen LogP contribution in [0.25, 0.3) is 0 Å². The van der Waals surface area contributed by atoms with Gasteiger partial charge in [-0.1, -0.05) is 0 Å². The minimum absolute atomic E-state index is 0.169. The van der Waals surface area contributed by atoms with Gasteiger partial charge in [0.05, 0.1) is 5.69 Å². The van der Waals surface area contributed by atoms with Gasteiger partial charge in [-0.15, -0.1) is 0 Å². The molecule has 1 N–H and O–H groups in total. The maximum absolute atomic E-state index is 13.3. The van der Waals surface area contributed by atoms with Crippen molar-refractivity contribution in [2.24, 2.45) is 0 Å². The lowest BCUT2D eigenvalue weighted by molar-refractivity contribution is 0.605. The molecule has 6 heteroatoms. The molecule has 0 fully saturated rings. The molecule has 1 unspecified atom stereocenters. The van der Waals surface area contributed by atoms with Gasteiger partial charge in [0.15, 0.2) is 11.6 Å². The predicted molar refractivity (Wildman–Crippen MR) is 54.2 cm³/mol. The monoisotopic (exact) mass is 217 g/mol. The van der Waals surface area contributed by atoms with E-state index >= 15 is 0 Å². The molecule has 1 aromatic heterocycles. The van der Waals surface area contributed by atoms with Crippen molar-refractivity contribution in [3.8, 4) is 0 Å². The summed E-state index contributed by atoms with van der Waals surface area (Å²) in [6, 6.07) is 0. The van der Waals surface area contributed by atoms with E-state index in [0.29, 0.717) is 18.0 Å². The van der Waals surface area contributed by atoms with Gasteiger partial charge in [-0.25, -0.2) is 14.4 Å². The molecule has 0 aromatic carbocycles. The molecule has 1 rings (SSSR count). The van der Waals surface area contributed by atoms with Crippen LogP contribution in [0.2, 0.25) is 0 Å². The molecule has 0 saturated heterocycles. The summed E-state index contributed by atoms with van der Waals surface area (Å²) in [5.41, 5.74) is 0.306. The molecule has 0 aliphatic heterocycles. The summed E-state index contributed by atoms with van der Waals surface area (Å²) in [7, 11) is -0.880. The number of aryl methyl sites for hydroxylation is 1. The number of hydrogen-bond acceptors (Lipinski definition) is 4. The molecule has 0 radical (unpaired) electrons. The Balaban J connectivity index is 2.59. The minimum Gasteiger partial charge on any atom is -0.367 e. The maximum Gasteiger partial charge on any atom is 0.186 e. The summed E-state index contributed by atoms with van der Waals surface area (Å²) in [4.78, 5) is 7.44. The van der Waals surface area contributed by atoms with Gasteiger partial charge in [0.25, 0.3) is 0 Å². The molecular formula is C8H12FN3OS. The molecule has 0 saturated carbocycles. The van der Waals surface area contributed by atoms with E-state index in [2.05, 4.69) is 15.3 Å². The highest BCUT2D eigenvalue weighted by molar-refractivity contribution is 7.84. The third kappa shape index (κ3) is 3.02. The first kappa shape index (κ1) is 11.0. The summed E-state index contributed by atoms with van der Waals surface area (Å²) in [5.74, 6) is 0.194. The maximum atomic E-state index is 13.3. The van der Waals surface area contributed by atoms with Crippen LogP contribution in [0.1, 0.15) is 5.69 Å². The van der Waals surface area contributed by atoms with E-state index in [1.165, 1.54) is 6.33 Å². The average Bonchev–Trinajstić information content (AvgIpc) is 2.12. The quantitative estimate of drug-likeness (QED) is 0.807. The Labute approximate surface area is 84.4 Å². The number of hydrogen-bond donors (Lipinski definition) is 1. The number of aromatic nitrogens is 2. The van der Waals surface area contributed by atoms with Crippen molar-refractivity contribution in [2.75, 3.05) is 23.9 Å². The second-order valence-corrected chi connectivity index (χ2v) is 4.38. The second-order valence-electron chi connectivity index (χ2n) is 2.83. The number of nitrogens with zero attached hydrogens (tertiary/aromatic N) is 2. The van der Waals surface area contributed by atoms with Crippen LogP contribution < -0.4 is 5.32 Å². The van der Waals surface area contributed by atoms with Crippen LogP contribution in [0.3, 0.4) is 0 Å². The fourth-order valence-electron chi connectivity index (χ4n) is 0.894. The third-order valence-corrected chi connectivity index (χ3v) is 2.42. The lowest BCUT2D eigenvalue weighted by Gasteiger charge is -2.05. The predicted octanol–water partition coefficient (Wildman–Crippen LogP) is 0.715. The summed E-state index contributed by atoms with van der Waals surface area (Å²) >= 11 is 0. The van der Waals surface area contributed by atoms with Gasteiger partial charge < -0.3 is 5.32 Å². The molecule has 1 aromatic rings. The lowest BCUT2D eigenvalue weighted by Crippen LogP contribution is -2.12. The van der Waals surface area contributed by atoms with Crippen LogP contribution in [-0.2, 0) is 10.8 Å². The number of rotatable bonds is 4. The Kier molecular flexibility index (Phi) is 3.94. The van der Waals surface area contributed by atoms with Crippen LogP contribution in [0.4, 0.5) is 10.2 Å². The zero-order valence-corrected chi connectivity index (χ0v) is 8.90. The summed E-state index contributed by atoms with van der Waals surface area (Å²) in [5, 5.41) is 2.77. The molecule has 0 aliphatic carbocycles. The molecule has 4 nitrogen and oxygen atoms in total. The van der Waals surface area contributed by atoms with Gasteiger partial charge in [-0.2, -0.15) is 0 Å². The Morgan fingerprint density at radius 1 is 1.57 bits per heavy atom. The summed E-state index contributed by atoms with van der Waals surface area (Å²) in [6.45, 7) is 2.01. The minimum atomic E-state index is -0.880. The first-order valence-corrected chi connectivity index (χ1v) is 5.85. The zero-order chi connectivity index (χ0) is 10.6. The molecule has 14 heavy (non-hydrogen) atoms. The van der Waals surface area contributed by atoms with Crippen LogP contribution in [0.15, 0.2) is 6.33 Å². The zero-order valence-electron chi connectivity index (χ0n) is 8.08. The molecule has 1 heterocycles. The largest absolute Gasteiger partial charge is 0.367 e. The van der Waals surface area contributed by atoms with Crippen LogP contribution >= 0.6 is 0 Å². The SMILES string of the molecule is Cc1ncnc(NCCS(C)=O)c1F. The normalized spacial score (nSPS) is 12.5. The molecule has 0 spiro atoms. The van der Waals surface area contributed by atoms with E-state index in [1.54, 1.807) is 13.2 Å². The molecule has 1 atom stereocenters. The molecule has 0 bridgehead atoms. The first-order chi connectivity index (χ1) is 6.61. The third-order valence-electron chi connectivity index (χ3n) is 1.65. The standard InChI is InChI=1S/C8H12FN3OS/c1-6-7(9)8(12-5-11-6)10-3-4-14(2)13/h5H,3-4H2,1-2H3,(H,10,11,12). The van der Waals surface area contributed by atoms with Gasteiger partial charge in [0.1, 0.15) is 6.33 Å². The van der Waals surface area contributed by atoms with Gasteiger partial charge in [-0.05, 0) is 6.92 Å². The van der Waals surface area contributed by atoms with Crippen molar-refractivity contribution in [1.82, 2.24) is 9.97 Å². The Bertz CT molecular complexity index is 345. The van der Waals surface area contributed by atoms with Gasteiger partial charge >= 0.3 is 0 Å². The van der Waals surface area contributed by atoms with E-state index < -0.39 is 16.6 Å². The van der Waals surface area contributed by atoms with E-state index in [1.807, 2.05) is 0 Å².